The van der Waals surface area contributed by atoms with Crippen molar-refractivity contribution in [1.29, 1.82) is 0 Å². The number of amides is 1. The van der Waals surface area contributed by atoms with E-state index in [1.54, 1.807) is 12.1 Å². The highest BCUT2D eigenvalue weighted by molar-refractivity contribution is 5.85. The van der Waals surface area contributed by atoms with Crippen LogP contribution in [-0.2, 0) is 30.4 Å². The molecule has 24 heavy (non-hydrogen) atoms. The Morgan fingerprint density at radius 1 is 1.29 bits per heavy atom. The summed E-state index contributed by atoms with van der Waals surface area (Å²) >= 11 is 0. The van der Waals surface area contributed by atoms with Crippen molar-refractivity contribution >= 4 is 18.0 Å². The van der Waals surface area contributed by atoms with Gasteiger partial charge in [-0.05, 0) is 5.56 Å². The molecule has 0 aromatic heterocycles. The van der Waals surface area contributed by atoms with Gasteiger partial charge in [-0.3, -0.25) is 9.69 Å². The number of carbonyl (C=O) groups is 3. The average molecular weight is 335 g/mol. The zero-order valence-electron chi connectivity index (χ0n) is 13.0. The highest BCUT2D eigenvalue weighted by Gasteiger charge is 2.66. The third-order valence-corrected chi connectivity index (χ3v) is 4.20. The summed E-state index contributed by atoms with van der Waals surface area (Å²) < 4.78 is 15.3. The van der Waals surface area contributed by atoms with E-state index < -0.39 is 42.1 Å². The topological polar surface area (TPSA) is 102 Å². The van der Waals surface area contributed by atoms with Gasteiger partial charge in [0.2, 0.25) is 0 Å². The van der Waals surface area contributed by atoms with E-state index in [1.807, 2.05) is 18.2 Å². The van der Waals surface area contributed by atoms with Gasteiger partial charge in [0.25, 0.3) is 0 Å². The molecule has 1 heterocycles. The van der Waals surface area contributed by atoms with Crippen LogP contribution in [0.5, 0.6) is 0 Å². The van der Waals surface area contributed by atoms with Crippen molar-refractivity contribution < 1.29 is 33.7 Å². The Bertz CT molecular complexity index is 647. The lowest BCUT2D eigenvalue weighted by molar-refractivity contribution is -0.152. The first kappa shape index (κ1) is 16.3. The van der Waals surface area contributed by atoms with Gasteiger partial charge in [0.1, 0.15) is 12.5 Å². The van der Waals surface area contributed by atoms with Gasteiger partial charge in [-0.2, -0.15) is 0 Å². The molecule has 0 bridgehead atoms. The molecule has 2 aliphatic rings. The van der Waals surface area contributed by atoms with Crippen molar-refractivity contribution in [3.05, 3.63) is 35.9 Å². The molecule has 1 amide bonds. The number of rotatable bonds is 4. The van der Waals surface area contributed by atoms with Crippen LogP contribution in [0.15, 0.2) is 30.3 Å². The molecule has 1 aromatic carbocycles. The van der Waals surface area contributed by atoms with E-state index in [1.165, 1.54) is 7.11 Å². The van der Waals surface area contributed by atoms with Crippen LogP contribution in [0.3, 0.4) is 0 Å². The van der Waals surface area contributed by atoms with Gasteiger partial charge in [-0.25, -0.2) is 9.59 Å². The molecule has 0 radical (unpaired) electrons. The number of carboxylic acid groups (broad SMARTS) is 1. The van der Waals surface area contributed by atoms with Crippen LogP contribution in [0.1, 0.15) is 5.56 Å². The van der Waals surface area contributed by atoms with Gasteiger partial charge >= 0.3 is 18.0 Å². The average Bonchev–Trinajstić information content (AvgIpc) is 3.33. The van der Waals surface area contributed by atoms with Gasteiger partial charge < -0.3 is 19.3 Å². The van der Waals surface area contributed by atoms with Crippen LogP contribution < -0.4 is 0 Å². The van der Waals surface area contributed by atoms with E-state index in [4.69, 9.17) is 9.47 Å². The summed E-state index contributed by atoms with van der Waals surface area (Å²) in [5, 5.41) is 9.20. The smallest absolute Gasteiger partial charge is 0.411 e. The number of carbonyl (C=O) groups excluding carboxylic acids is 2. The normalized spacial score (nSPS) is 27.8. The molecule has 1 aliphatic carbocycles. The first-order chi connectivity index (χ1) is 11.5. The van der Waals surface area contributed by atoms with E-state index in [0.29, 0.717) is 0 Å². The van der Waals surface area contributed by atoms with E-state index in [0.717, 1.165) is 10.5 Å². The number of hydrogen-bond acceptors (Lipinski definition) is 6. The van der Waals surface area contributed by atoms with Crippen molar-refractivity contribution in [1.82, 2.24) is 4.90 Å². The van der Waals surface area contributed by atoms with Crippen molar-refractivity contribution in [2.45, 2.75) is 24.8 Å². The maximum absolute atomic E-state index is 12.5. The van der Waals surface area contributed by atoms with Gasteiger partial charge in [0, 0.05) is 0 Å². The van der Waals surface area contributed by atoms with Crippen LogP contribution in [0.25, 0.3) is 0 Å². The quantitative estimate of drug-likeness (QED) is 0.806. The Morgan fingerprint density at radius 2 is 2.00 bits per heavy atom. The van der Waals surface area contributed by atoms with E-state index in [9.17, 15) is 19.5 Å². The van der Waals surface area contributed by atoms with E-state index in [-0.39, 0.29) is 13.2 Å². The molecule has 4 atom stereocenters. The molecule has 1 aliphatic heterocycles. The van der Waals surface area contributed by atoms with Crippen molar-refractivity contribution in [2.24, 2.45) is 5.92 Å². The molecule has 1 N–H and O–H groups in total. The zero-order chi connectivity index (χ0) is 17.3. The molecule has 2 fully saturated rings. The number of nitrogens with zero attached hydrogens (tertiary/aromatic N) is 1. The fourth-order valence-corrected chi connectivity index (χ4v) is 2.94. The first-order valence-electron chi connectivity index (χ1n) is 7.46. The van der Waals surface area contributed by atoms with Crippen LogP contribution in [-0.4, -0.2) is 59.9 Å². The zero-order valence-corrected chi connectivity index (χ0v) is 13.0. The Kier molecular flexibility index (Phi) is 4.39. The van der Waals surface area contributed by atoms with Gasteiger partial charge in [-0.1, -0.05) is 30.3 Å². The van der Waals surface area contributed by atoms with Crippen LogP contribution in [0.4, 0.5) is 4.79 Å². The number of benzene rings is 1. The fraction of sp³-hybridized carbons (Fsp3) is 0.438. The maximum atomic E-state index is 12.5. The van der Waals surface area contributed by atoms with Crippen LogP contribution in [0.2, 0.25) is 0 Å². The van der Waals surface area contributed by atoms with Crippen LogP contribution in [0, 0.1) is 5.92 Å². The minimum Gasteiger partial charge on any atom is -0.481 e. The van der Waals surface area contributed by atoms with E-state index >= 15 is 0 Å². The molecule has 8 nitrogen and oxygen atoms in total. The lowest BCUT2D eigenvalue weighted by Crippen LogP contribution is -2.53. The predicted octanol–water partition coefficient (Wildman–Crippen LogP) is 0.649. The summed E-state index contributed by atoms with van der Waals surface area (Å²) in [6.45, 7) is -0.0852. The van der Waals surface area contributed by atoms with Gasteiger partial charge in [-0.15, -0.1) is 0 Å². The predicted molar refractivity (Wildman–Crippen MR) is 78.9 cm³/mol. The second-order valence-corrected chi connectivity index (χ2v) is 5.64. The Morgan fingerprint density at radius 3 is 2.62 bits per heavy atom. The monoisotopic (exact) mass is 335 g/mol. The molecule has 1 aromatic rings. The summed E-state index contributed by atoms with van der Waals surface area (Å²) in [5.41, 5.74) is 0.788. The van der Waals surface area contributed by atoms with E-state index in [2.05, 4.69) is 4.74 Å². The summed E-state index contributed by atoms with van der Waals surface area (Å²) in [6.07, 6.45) is -1.37. The first-order valence-corrected chi connectivity index (χ1v) is 7.46. The number of esters is 1. The SMILES string of the molecule is COC(=O)[C@@H]1CO[C@@H]2[C@@H](C(=O)O)[C@@H]2N1C(=O)OCc1ccccc1. The van der Waals surface area contributed by atoms with Crippen LogP contribution >= 0.6 is 0 Å². The summed E-state index contributed by atoms with van der Waals surface area (Å²) in [6, 6.07) is 7.33. The minimum absolute atomic E-state index is 0.0278. The molecule has 1 saturated carbocycles. The molecule has 0 spiro atoms. The summed E-state index contributed by atoms with van der Waals surface area (Å²) in [7, 11) is 1.20. The number of hydrogen-bond donors (Lipinski definition) is 1. The largest absolute Gasteiger partial charge is 0.481 e. The van der Waals surface area contributed by atoms with Crippen molar-refractivity contribution in [3.63, 3.8) is 0 Å². The number of ether oxygens (including phenoxy) is 3. The second kappa shape index (κ2) is 6.48. The highest BCUT2D eigenvalue weighted by Crippen LogP contribution is 2.44. The molecular weight excluding hydrogens is 318 g/mol. The van der Waals surface area contributed by atoms with Gasteiger partial charge in [0.05, 0.1) is 25.9 Å². The van der Waals surface area contributed by atoms with Crippen molar-refractivity contribution in [2.75, 3.05) is 13.7 Å². The third-order valence-electron chi connectivity index (χ3n) is 4.20. The maximum Gasteiger partial charge on any atom is 0.411 e. The highest BCUT2D eigenvalue weighted by atomic mass is 16.6. The molecule has 3 rings (SSSR count). The summed E-state index contributed by atoms with van der Waals surface area (Å²) in [4.78, 5) is 36.7. The number of carboxylic acids is 1. The Labute approximate surface area is 137 Å². The molecule has 128 valence electrons. The number of fused-ring (bicyclic) bond motifs is 1. The molecule has 8 heteroatoms. The number of aliphatic carboxylic acids is 1. The van der Waals surface area contributed by atoms with Gasteiger partial charge in [0.15, 0.2) is 6.04 Å². The standard InChI is InChI=1S/C16H17NO7/c1-22-15(20)10-8-23-13-11(14(18)19)12(13)17(10)16(21)24-7-9-5-3-2-4-6-9/h2-6,10-13H,7-8H2,1H3,(H,18,19)/t10-,11-,12-,13+/m0/s1. The lowest BCUT2D eigenvalue weighted by atomic mass is 10.2. The molecule has 0 unspecified atom stereocenters. The van der Waals surface area contributed by atoms with Crippen molar-refractivity contribution in [3.8, 4) is 0 Å². The minimum atomic E-state index is -1.07. The Balaban J connectivity index is 1.73. The Hall–Kier alpha value is -2.61. The lowest BCUT2D eigenvalue weighted by Gasteiger charge is -2.32. The number of morpholine rings is 1. The molecule has 1 saturated heterocycles. The summed E-state index contributed by atoms with van der Waals surface area (Å²) in [5.74, 6) is -2.60. The third kappa shape index (κ3) is 2.92. The molecular formula is C16H17NO7. The number of methoxy groups -OCH3 is 1. The fourth-order valence-electron chi connectivity index (χ4n) is 2.94. The second-order valence-electron chi connectivity index (χ2n) is 5.64.